The highest BCUT2D eigenvalue weighted by atomic mass is 16.5. The molecule has 1 heterocycles. The average Bonchev–Trinajstić information content (AvgIpc) is 2.66. The first kappa shape index (κ1) is 11.4. The lowest BCUT2D eigenvalue weighted by atomic mass is 9.70. The number of aromatic nitrogens is 2. The van der Waals surface area contributed by atoms with Crippen LogP contribution in [0.5, 0.6) is 0 Å². The summed E-state index contributed by atoms with van der Waals surface area (Å²) >= 11 is 0. The predicted octanol–water partition coefficient (Wildman–Crippen LogP) is 2.09. The lowest BCUT2D eigenvalue weighted by Gasteiger charge is -2.40. The van der Waals surface area contributed by atoms with Crippen molar-refractivity contribution in [1.29, 1.82) is 0 Å². The fraction of sp³-hybridized carbons (Fsp3) is 0.818. The zero-order valence-corrected chi connectivity index (χ0v) is 10.1. The molecule has 1 fully saturated rings. The minimum atomic E-state index is -0.406. The molecule has 0 unspecified atom stereocenters. The van der Waals surface area contributed by atoms with Crippen LogP contribution >= 0.6 is 0 Å². The predicted molar refractivity (Wildman–Crippen MR) is 59.6 cm³/mol. The van der Waals surface area contributed by atoms with Gasteiger partial charge in [0.25, 0.3) is 0 Å². The number of rotatable bonds is 2. The Bertz CT molecular complexity index is 363. The van der Waals surface area contributed by atoms with E-state index < -0.39 is 5.60 Å². The van der Waals surface area contributed by atoms with Gasteiger partial charge in [-0.3, -0.25) is 0 Å². The number of hydrogen-bond donors (Lipinski definition) is 1. The summed E-state index contributed by atoms with van der Waals surface area (Å²) in [5.74, 6) is 0.586. The highest BCUT2D eigenvalue weighted by Gasteiger charge is 2.43. The van der Waals surface area contributed by atoms with Crippen LogP contribution in [0.15, 0.2) is 4.52 Å². The molecule has 0 bridgehead atoms. The Labute approximate surface area is 95.3 Å². The van der Waals surface area contributed by atoms with Gasteiger partial charge in [-0.05, 0) is 31.1 Å². The molecule has 0 amide bonds. The molecule has 2 N–H and O–H groups in total. The molecular formula is C11H19N3O2. The number of nitrogens with zero attached hydrogens (tertiary/aromatic N) is 2. The van der Waals surface area contributed by atoms with Crippen molar-refractivity contribution in [2.24, 2.45) is 5.41 Å². The van der Waals surface area contributed by atoms with E-state index in [0.717, 1.165) is 25.7 Å². The van der Waals surface area contributed by atoms with Crippen LogP contribution in [0.25, 0.3) is 0 Å². The monoisotopic (exact) mass is 225 g/mol. The number of nitrogens with two attached hydrogens (primary N) is 1. The van der Waals surface area contributed by atoms with Gasteiger partial charge in [0.1, 0.15) is 5.60 Å². The van der Waals surface area contributed by atoms with Gasteiger partial charge >= 0.3 is 6.01 Å². The third-order valence-electron chi connectivity index (χ3n) is 3.65. The third kappa shape index (κ3) is 1.91. The molecule has 5 heteroatoms. The standard InChI is InChI=1S/C11H19N3O2/c1-10(2)4-6-11(15-3,7-5-10)8-13-9(12)16-14-8/h4-7H2,1-3H3,(H2,12,13,14). The SMILES string of the molecule is COC1(c2noc(N)n2)CCC(C)(C)CC1. The van der Waals surface area contributed by atoms with Gasteiger partial charge in [-0.2, -0.15) is 4.98 Å². The quantitative estimate of drug-likeness (QED) is 0.834. The fourth-order valence-electron chi connectivity index (χ4n) is 2.27. The maximum absolute atomic E-state index is 5.63. The molecule has 0 spiro atoms. The van der Waals surface area contributed by atoms with E-state index in [0.29, 0.717) is 11.2 Å². The molecule has 16 heavy (non-hydrogen) atoms. The van der Waals surface area contributed by atoms with E-state index in [-0.39, 0.29) is 6.01 Å². The van der Waals surface area contributed by atoms with E-state index in [9.17, 15) is 0 Å². The molecule has 5 nitrogen and oxygen atoms in total. The average molecular weight is 225 g/mol. The summed E-state index contributed by atoms with van der Waals surface area (Å²) in [4.78, 5) is 4.10. The number of anilines is 1. The Morgan fingerprint density at radius 1 is 1.25 bits per heavy atom. The lowest BCUT2D eigenvalue weighted by Crippen LogP contribution is -2.37. The van der Waals surface area contributed by atoms with E-state index >= 15 is 0 Å². The molecule has 2 rings (SSSR count). The van der Waals surface area contributed by atoms with Gasteiger partial charge in [-0.25, -0.2) is 0 Å². The van der Waals surface area contributed by atoms with Gasteiger partial charge < -0.3 is 15.0 Å². The zero-order chi connectivity index (χ0) is 11.8. The molecule has 1 aromatic heterocycles. The summed E-state index contributed by atoms with van der Waals surface area (Å²) in [7, 11) is 1.70. The molecule has 0 radical (unpaired) electrons. The molecule has 1 aliphatic rings. The second kappa shape index (κ2) is 3.73. The van der Waals surface area contributed by atoms with Gasteiger partial charge in [0.15, 0.2) is 0 Å². The van der Waals surface area contributed by atoms with Crippen LogP contribution in [0, 0.1) is 5.41 Å². The second-order valence-electron chi connectivity index (χ2n) is 5.32. The molecule has 90 valence electrons. The second-order valence-corrected chi connectivity index (χ2v) is 5.32. The van der Waals surface area contributed by atoms with Crippen LogP contribution in [0.4, 0.5) is 6.01 Å². The summed E-state index contributed by atoms with van der Waals surface area (Å²) in [5.41, 5.74) is 5.42. The van der Waals surface area contributed by atoms with Crippen LogP contribution in [0.3, 0.4) is 0 Å². The molecular weight excluding hydrogens is 206 g/mol. The van der Waals surface area contributed by atoms with Crippen LogP contribution < -0.4 is 5.73 Å². The van der Waals surface area contributed by atoms with Gasteiger partial charge in [0.2, 0.25) is 5.82 Å². The number of hydrogen-bond acceptors (Lipinski definition) is 5. The van der Waals surface area contributed by atoms with Crippen LogP contribution in [0.2, 0.25) is 0 Å². The van der Waals surface area contributed by atoms with Crippen molar-refractivity contribution in [3.8, 4) is 0 Å². The number of nitrogen functional groups attached to an aromatic ring is 1. The van der Waals surface area contributed by atoms with Gasteiger partial charge in [0, 0.05) is 7.11 Å². The number of methoxy groups -OCH3 is 1. The van der Waals surface area contributed by atoms with Crippen molar-refractivity contribution in [1.82, 2.24) is 10.1 Å². The van der Waals surface area contributed by atoms with E-state index in [1.54, 1.807) is 7.11 Å². The Morgan fingerprint density at radius 2 is 1.88 bits per heavy atom. The molecule has 0 atom stereocenters. The molecule has 0 aromatic carbocycles. The minimum absolute atomic E-state index is 0.108. The van der Waals surface area contributed by atoms with E-state index in [2.05, 4.69) is 24.0 Å². The first-order chi connectivity index (χ1) is 7.47. The van der Waals surface area contributed by atoms with E-state index in [1.165, 1.54) is 0 Å². The first-order valence-electron chi connectivity index (χ1n) is 5.62. The summed E-state index contributed by atoms with van der Waals surface area (Å²) in [6.45, 7) is 4.55. The fourth-order valence-corrected chi connectivity index (χ4v) is 2.27. The van der Waals surface area contributed by atoms with Crippen molar-refractivity contribution >= 4 is 6.01 Å². The van der Waals surface area contributed by atoms with Crippen molar-refractivity contribution in [3.63, 3.8) is 0 Å². The van der Waals surface area contributed by atoms with E-state index in [1.807, 2.05) is 0 Å². The molecule has 0 saturated heterocycles. The van der Waals surface area contributed by atoms with Gasteiger partial charge in [-0.1, -0.05) is 19.0 Å². The Hall–Kier alpha value is -1.10. The summed E-state index contributed by atoms with van der Waals surface area (Å²) < 4.78 is 10.5. The normalized spacial score (nSPS) is 23.2. The molecule has 1 aliphatic carbocycles. The van der Waals surface area contributed by atoms with Crippen molar-refractivity contribution in [3.05, 3.63) is 5.82 Å². The van der Waals surface area contributed by atoms with Gasteiger partial charge in [0.05, 0.1) is 0 Å². The van der Waals surface area contributed by atoms with Crippen molar-refractivity contribution in [2.45, 2.75) is 45.1 Å². The minimum Gasteiger partial charge on any atom is -0.370 e. The Balaban J connectivity index is 2.22. The van der Waals surface area contributed by atoms with Crippen LogP contribution in [-0.2, 0) is 10.3 Å². The van der Waals surface area contributed by atoms with Crippen LogP contribution in [-0.4, -0.2) is 17.3 Å². The first-order valence-corrected chi connectivity index (χ1v) is 5.62. The lowest BCUT2D eigenvalue weighted by molar-refractivity contribution is -0.0740. The maximum Gasteiger partial charge on any atom is 0.318 e. The van der Waals surface area contributed by atoms with Crippen molar-refractivity contribution < 1.29 is 9.26 Å². The smallest absolute Gasteiger partial charge is 0.318 e. The highest BCUT2D eigenvalue weighted by Crippen LogP contribution is 2.46. The van der Waals surface area contributed by atoms with E-state index in [4.69, 9.17) is 15.0 Å². The topological polar surface area (TPSA) is 74.2 Å². The highest BCUT2D eigenvalue weighted by molar-refractivity contribution is 5.13. The summed E-state index contributed by atoms with van der Waals surface area (Å²) in [6, 6.07) is 0.108. The molecule has 1 aromatic rings. The summed E-state index contributed by atoms with van der Waals surface area (Å²) in [6.07, 6.45) is 4.01. The molecule has 1 saturated carbocycles. The Kier molecular flexibility index (Phi) is 2.66. The Morgan fingerprint density at radius 3 is 2.31 bits per heavy atom. The summed E-state index contributed by atoms with van der Waals surface area (Å²) in [5, 5.41) is 3.89. The third-order valence-corrected chi connectivity index (χ3v) is 3.65. The number of ether oxygens (including phenoxy) is 1. The zero-order valence-electron chi connectivity index (χ0n) is 10.1. The largest absolute Gasteiger partial charge is 0.370 e. The van der Waals surface area contributed by atoms with Crippen LogP contribution in [0.1, 0.15) is 45.4 Å². The van der Waals surface area contributed by atoms with Crippen molar-refractivity contribution in [2.75, 3.05) is 12.8 Å². The molecule has 0 aliphatic heterocycles. The van der Waals surface area contributed by atoms with Gasteiger partial charge in [-0.15, -0.1) is 0 Å². The maximum atomic E-state index is 5.63.